The molecule has 0 atom stereocenters. The molecule has 0 aliphatic heterocycles. The van der Waals surface area contributed by atoms with Crippen molar-refractivity contribution in [3.63, 3.8) is 0 Å². The first-order valence-corrected chi connectivity index (χ1v) is 5.90. The minimum absolute atomic E-state index is 0.118. The van der Waals surface area contributed by atoms with Gasteiger partial charge in [-0.3, -0.25) is 0 Å². The summed E-state index contributed by atoms with van der Waals surface area (Å²) < 4.78 is 13.5. The molecule has 0 saturated carbocycles. The Bertz CT molecular complexity index is 360. The largest absolute Gasteiger partial charge is 0.330 e. The molecule has 0 heterocycles. The quantitative estimate of drug-likeness (QED) is 0.781. The summed E-state index contributed by atoms with van der Waals surface area (Å²) in [6.45, 7) is 0.660. The summed E-state index contributed by atoms with van der Waals surface area (Å²) in [7, 11) is 0. The van der Waals surface area contributed by atoms with E-state index < -0.39 is 0 Å². The van der Waals surface area contributed by atoms with Crippen molar-refractivity contribution >= 4 is 11.8 Å². The smallest absolute Gasteiger partial charge is 0.144 e. The maximum absolute atomic E-state index is 13.5. The lowest BCUT2D eigenvalue weighted by molar-refractivity contribution is 0.613. The number of nitrogens with zero attached hydrogens (tertiary/aromatic N) is 1. The van der Waals surface area contributed by atoms with Crippen molar-refractivity contribution in [2.75, 3.05) is 12.3 Å². The van der Waals surface area contributed by atoms with Gasteiger partial charge in [0.1, 0.15) is 11.9 Å². The van der Waals surface area contributed by atoms with Gasteiger partial charge in [-0.15, -0.1) is 0 Å². The van der Waals surface area contributed by atoms with E-state index in [9.17, 15) is 4.39 Å². The number of nitriles is 1. The van der Waals surface area contributed by atoms with E-state index in [2.05, 4.69) is 0 Å². The third-order valence-corrected chi connectivity index (χ3v) is 3.04. The van der Waals surface area contributed by atoms with Crippen LogP contribution < -0.4 is 5.73 Å². The maximum Gasteiger partial charge on any atom is 0.144 e. The second kappa shape index (κ2) is 6.44. The minimum atomic E-state index is -0.389. The minimum Gasteiger partial charge on any atom is -0.330 e. The van der Waals surface area contributed by atoms with Gasteiger partial charge >= 0.3 is 0 Å². The van der Waals surface area contributed by atoms with Crippen molar-refractivity contribution in [3.8, 4) is 6.07 Å². The number of benzene rings is 1. The second-order valence-corrected chi connectivity index (χ2v) is 4.19. The molecule has 1 rings (SSSR count). The Morgan fingerprint density at radius 1 is 1.47 bits per heavy atom. The van der Waals surface area contributed by atoms with Crippen LogP contribution in [0.4, 0.5) is 4.39 Å². The molecule has 0 aliphatic rings. The predicted octanol–water partition coefficient (Wildman–Crippen LogP) is 2.28. The van der Waals surface area contributed by atoms with Crippen LogP contribution in [0.25, 0.3) is 0 Å². The Hall–Kier alpha value is -1.05. The van der Waals surface area contributed by atoms with Gasteiger partial charge in [-0.05, 0) is 30.3 Å². The molecule has 4 heteroatoms. The van der Waals surface area contributed by atoms with Crippen molar-refractivity contribution in [1.82, 2.24) is 0 Å². The van der Waals surface area contributed by atoms with Gasteiger partial charge in [0.15, 0.2) is 0 Å². The molecule has 0 radical (unpaired) electrons. The van der Waals surface area contributed by atoms with E-state index in [1.54, 1.807) is 23.9 Å². The van der Waals surface area contributed by atoms with Gasteiger partial charge in [-0.25, -0.2) is 4.39 Å². The van der Waals surface area contributed by atoms with Crippen LogP contribution in [0.1, 0.15) is 17.5 Å². The lowest BCUT2D eigenvalue weighted by Crippen LogP contribution is -2.00. The fraction of sp³-hybridized carbons (Fsp3) is 0.364. The first kappa shape index (κ1) is 12.0. The van der Waals surface area contributed by atoms with Gasteiger partial charge in [0.2, 0.25) is 0 Å². The van der Waals surface area contributed by atoms with Crippen LogP contribution in [0, 0.1) is 17.1 Å². The van der Waals surface area contributed by atoms with Crippen molar-refractivity contribution in [2.24, 2.45) is 5.73 Å². The monoisotopic (exact) mass is 224 g/mol. The summed E-state index contributed by atoms with van der Waals surface area (Å²) in [5, 5.41) is 8.64. The number of rotatable bonds is 5. The van der Waals surface area contributed by atoms with Crippen LogP contribution in [0.15, 0.2) is 18.2 Å². The van der Waals surface area contributed by atoms with Gasteiger partial charge in [0, 0.05) is 5.75 Å². The summed E-state index contributed by atoms with van der Waals surface area (Å²) in [5.74, 6) is 1.13. The number of hydrogen-bond donors (Lipinski definition) is 1. The molecule has 0 amide bonds. The molecule has 0 fully saturated rings. The molecular formula is C11H13FN2S. The molecule has 0 spiro atoms. The van der Waals surface area contributed by atoms with Crippen molar-refractivity contribution < 1.29 is 4.39 Å². The molecule has 2 nitrogen and oxygen atoms in total. The van der Waals surface area contributed by atoms with Crippen LogP contribution in [0.5, 0.6) is 0 Å². The predicted molar refractivity (Wildman–Crippen MR) is 60.9 cm³/mol. The maximum atomic E-state index is 13.5. The Morgan fingerprint density at radius 3 is 2.93 bits per heavy atom. The number of thioether (sulfide) groups is 1. The second-order valence-electron chi connectivity index (χ2n) is 3.09. The normalized spacial score (nSPS) is 9.93. The van der Waals surface area contributed by atoms with Crippen LogP contribution in [-0.4, -0.2) is 12.3 Å². The van der Waals surface area contributed by atoms with Crippen LogP contribution in [-0.2, 0) is 5.75 Å². The zero-order valence-electron chi connectivity index (χ0n) is 8.37. The van der Waals surface area contributed by atoms with E-state index in [-0.39, 0.29) is 11.4 Å². The lowest BCUT2D eigenvalue weighted by atomic mass is 10.1. The van der Waals surface area contributed by atoms with Gasteiger partial charge in [0.25, 0.3) is 0 Å². The molecule has 0 bridgehead atoms. The average molecular weight is 224 g/mol. The summed E-state index contributed by atoms with van der Waals surface area (Å²) >= 11 is 1.63. The van der Waals surface area contributed by atoms with E-state index in [0.29, 0.717) is 17.9 Å². The highest BCUT2D eigenvalue weighted by molar-refractivity contribution is 7.98. The molecule has 2 N–H and O–H groups in total. The third kappa shape index (κ3) is 3.54. The highest BCUT2D eigenvalue weighted by atomic mass is 32.2. The average Bonchev–Trinajstić information content (AvgIpc) is 2.26. The standard InChI is InChI=1S/C11H13FN2S/c12-11-9(7-14)3-1-4-10(11)8-15-6-2-5-13/h1,3-4H,2,5-6,8,13H2. The third-order valence-electron chi connectivity index (χ3n) is 1.95. The van der Waals surface area contributed by atoms with Crippen molar-refractivity contribution in [3.05, 3.63) is 35.1 Å². The molecule has 0 saturated heterocycles. The number of halogens is 1. The number of nitrogens with two attached hydrogens (primary N) is 1. The molecule has 0 aromatic heterocycles. The van der Waals surface area contributed by atoms with E-state index in [1.807, 2.05) is 6.07 Å². The van der Waals surface area contributed by atoms with Crippen LogP contribution in [0.3, 0.4) is 0 Å². The van der Waals surface area contributed by atoms with Gasteiger partial charge in [-0.2, -0.15) is 17.0 Å². The molecule has 80 valence electrons. The fourth-order valence-corrected chi connectivity index (χ4v) is 2.10. The zero-order valence-corrected chi connectivity index (χ0v) is 9.19. The Labute approximate surface area is 93.3 Å². The Balaban J connectivity index is 2.58. The highest BCUT2D eigenvalue weighted by Crippen LogP contribution is 2.18. The molecular weight excluding hydrogens is 211 g/mol. The van der Waals surface area contributed by atoms with Crippen LogP contribution in [0.2, 0.25) is 0 Å². The van der Waals surface area contributed by atoms with E-state index in [0.717, 1.165) is 12.2 Å². The van der Waals surface area contributed by atoms with Crippen molar-refractivity contribution in [1.29, 1.82) is 5.26 Å². The lowest BCUT2D eigenvalue weighted by Gasteiger charge is -2.03. The summed E-state index contributed by atoms with van der Waals surface area (Å²) in [6.07, 6.45) is 0.935. The Morgan fingerprint density at radius 2 is 2.27 bits per heavy atom. The topological polar surface area (TPSA) is 49.8 Å². The molecule has 1 aromatic carbocycles. The van der Waals surface area contributed by atoms with Gasteiger partial charge in [-0.1, -0.05) is 12.1 Å². The van der Waals surface area contributed by atoms with Gasteiger partial charge in [0.05, 0.1) is 5.56 Å². The SMILES string of the molecule is N#Cc1cccc(CSCCCN)c1F. The van der Waals surface area contributed by atoms with E-state index in [1.165, 1.54) is 6.07 Å². The summed E-state index contributed by atoms with van der Waals surface area (Å²) in [6, 6.07) is 6.75. The molecule has 1 aromatic rings. The number of hydrogen-bond acceptors (Lipinski definition) is 3. The highest BCUT2D eigenvalue weighted by Gasteiger charge is 2.06. The summed E-state index contributed by atoms with van der Waals surface area (Å²) in [5.41, 5.74) is 6.06. The first-order chi connectivity index (χ1) is 7.29. The molecule has 15 heavy (non-hydrogen) atoms. The van der Waals surface area contributed by atoms with Crippen LogP contribution >= 0.6 is 11.8 Å². The summed E-state index contributed by atoms with van der Waals surface area (Å²) in [4.78, 5) is 0. The zero-order chi connectivity index (χ0) is 11.1. The van der Waals surface area contributed by atoms with E-state index >= 15 is 0 Å². The molecule has 0 aliphatic carbocycles. The van der Waals surface area contributed by atoms with Gasteiger partial charge < -0.3 is 5.73 Å². The van der Waals surface area contributed by atoms with E-state index in [4.69, 9.17) is 11.0 Å². The first-order valence-electron chi connectivity index (χ1n) is 4.75. The molecule has 0 unspecified atom stereocenters. The fourth-order valence-electron chi connectivity index (χ4n) is 1.15. The Kier molecular flexibility index (Phi) is 5.16. The van der Waals surface area contributed by atoms with Crippen molar-refractivity contribution in [2.45, 2.75) is 12.2 Å².